The van der Waals surface area contributed by atoms with Crippen molar-refractivity contribution in [1.29, 1.82) is 0 Å². The van der Waals surface area contributed by atoms with Crippen LogP contribution in [0.5, 0.6) is 0 Å². The quantitative estimate of drug-likeness (QED) is 0.384. The van der Waals surface area contributed by atoms with Crippen LogP contribution in [0.15, 0.2) is 0 Å². The molecule has 1 aliphatic rings. The molecule has 0 nitrogen and oxygen atoms in total. The molecule has 0 saturated carbocycles. The summed E-state index contributed by atoms with van der Waals surface area (Å²) in [6, 6.07) is 0. The molecule has 0 N–H and O–H groups in total. The second-order valence-corrected chi connectivity index (χ2v) is 21.4. The first-order valence-corrected chi connectivity index (χ1v) is 9.77. The maximum absolute atomic E-state index is 5.53. The van der Waals surface area contributed by atoms with E-state index < -0.39 is 0 Å². The Balaban J connectivity index is 2.83. The van der Waals surface area contributed by atoms with Crippen molar-refractivity contribution in [2.45, 2.75) is 0 Å². The van der Waals surface area contributed by atoms with Crippen LogP contribution in [0.3, 0.4) is 0 Å². The molecule has 1 aliphatic heterocycles. The van der Waals surface area contributed by atoms with Crippen LogP contribution in [0.25, 0.3) is 0 Å². The average Bonchev–Trinajstić information content (AvgIpc) is 2.11. The average molecular weight is 135 g/mol. The monoisotopic (exact) mass is 135 g/mol. The fourth-order valence-electron chi connectivity index (χ4n) is 0.227. The molecule has 1 radical (unpaired) electrons. The van der Waals surface area contributed by atoms with E-state index in [-0.39, 0.29) is 6.79 Å². The molecule has 1 aromatic rings. The van der Waals surface area contributed by atoms with Crippen LogP contribution < -0.4 is 0 Å². The van der Waals surface area contributed by atoms with Gasteiger partial charge in [-0.2, -0.15) is 0 Å². The minimum atomic E-state index is 0.283. The van der Waals surface area contributed by atoms with Crippen LogP contribution in [-0.4, -0.2) is 7.18 Å². The van der Waals surface area contributed by atoms with Gasteiger partial charge in [-0.25, -0.2) is 0 Å². The molecule has 0 saturated heterocycles. The standard InChI is InChI=1S/BP4/c1-3-4-2-5(3)4. The van der Waals surface area contributed by atoms with Crippen LogP contribution in [-0.2, 0) is 0 Å². The van der Waals surface area contributed by atoms with Gasteiger partial charge < -0.3 is 0 Å². The predicted octanol–water partition coefficient (Wildman–Crippen LogP) is 3.06. The molecule has 23 valence electrons. The number of hydrogen-bond donors (Lipinski definition) is 0. The molecule has 0 amide bonds. The Bertz CT molecular complexity index is 146. The molecule has 5 heavy (non-hydrogen) atoms. The van der Waals surface area contributed by atoms with Crippen molar-refractivity contribution in [1.82, 2.24) is 0 Å². The van der Waals surface area contributed by atoms with E-state index in [0.717, 1.165) is 0 Å². The van der Waals surface area contributed by atoms with Gasteiger partial charge in [-0.15, -0.1) is 0 Å². The molecule has 0 aliphatic carbocycles. The topological polar surface area (TPSA) is 0 Å². The second-order valence-electron chi connectivity index (χ2n) is 0.946. The fourth-order valence-corrected chi connectivity index (χ4v) is 30.0. The molecular formula is BP4. The van der Waals surface area contributed by atoms with Gasteiger partial charge >= 0.3 is 34.7 Å². The van der Waals surface area contributed by atoms with Crippen molar-refractivity contribution in [2.24, 2.45) is 0 Å². The molecule has 2 unspecified atom stereocenters. The molecular weight excluding hydrogens is 135 g/mol. The van der Waals surface area contributed by atoms with E-state index in [9.17, 15) is 0 Å². The Morgan fingerprint density at radius 1 is 1.60 bits per heavy atom. The van der Waals surface area contributed by atoms with Gasteiger partial charge in [0.1, 0.15) is 0 Å². The fraction of sp³-hybridized carbons (Fsp3) is 0. The van der Waals surface area contributed by atoms with Crippen LogP contribution in [0.4, 0.5) is 0 Å². The molecule has 2 rings (SSSR count). The molecule has 0 bridgehead atoms. The summed E-state index contributed by atoms with van der Waals surface area (Å²) in [6.07, 6.45) is 0. The molecule has 0 fully saturated rings. The van der Waals surface area contributed by atoms with Gasteiger partial charge in [0.2, 0.25) is 0 Å². The number of rotatable bonds is 0. The van der Waals surface area contributed by atoms with E-state index in [0.29, 0.717) is 13.2 Å². The van der Waals surface area contributed by atoms with Crippen molar-refractivity contribution in [3.63, 3.8) is 0 Å². The third-order valence-electron chi connectivity index (χ3n) is 0.625. The van der Waals surface area contributed by atoms with Crippen molar-refractivity contribution in [2.75, 3.05) is 0 Å². The van der Waals surface area contributed by atoms with Gasteiger partial charge in [0.05, 0.1) is 0 Å². The summed E-state index contributed by atoms with van der Waals surface area (Å²) in [6.45, 7) is 1.51. The summed E-state index contributed by atoms with van der Waals surface area (Å²) in [5.74, 6) is 0. The van der Waals surface area contributed by atoms with Crippen LogP contribution in [0, 0.1) is 0 Å². The molecule has 2 atom stereocenters. The van der Waals surface area contributed by atoms with Gasteiger partial charge in [0, 0.05) is 0 Å². The zero-order valence-corrected chi connectivity index (χ0v) is 5.94. The molecule has 0 spiro atoms. The van der Waals surface area contributed by atoms with Gasteiger partial charge in [-0.3, -0.25) is 0 Å². The Hall–Kier alpha value is 1.26. The van der Waals surface area contributed by atoms with E-state index in [1.165, 1.54) is 0 Å². The van der Waals surface area contributed by atoms with Crippen LogP contribution in [0.1, 0.15) is 0 Å². The van der Waals surface area contributed by atoms with Crippen LogP contribution >= 0.6 is 27.5 Å². The predicted molar refractivity (Wildman–Crippen MR) is 33.4 cm³/mol. The Morgan fingerprint density at radius 2 is 2.00 bits per heavy atom. The first-order valence-electron chi connectivity index (χ1n) is 1.26. The summed E-state index contributed by atoms with van der Waals surface area (Å²) >= 11 is 0. The zero-order chi connectivity index (χ0) is 3.44. The molecule has 1 aromatic heterocycles. The van der Waals surface area contributed by atoms with E-state index in [2.05, 4.69) is 0 Å². The van der Waals surface area contributed by atoms with E-state index in [1.54, 1.807) is 7.55 Å². The molecule has 5 heteroatoms. The van der Waals surface area contributed by atoms with Gasteiger partial charge in [0.15, 0.2) is 0 Å². The van der Waals surface area contributed by atoms with Crippen LogP contribution in [0.2, 0.25) is 0 Å². The first kappa shape index (κ1) is 3.29. The molecule has 0 aromatic carbocycles. The summed E-state index contributed by atoms with van der Waals surface area (Å²) in [4.78, 5) is 0. The Labute approximate surface area is 35.4 Å². The van der Waals surface area contributed by atoms with Gasteiger partial charge in [-0.1, -0.05) is 0 Å². The number of fused-ring (bicyclic) bond motifs is 1. The van der Waals surface area contributed by atoms with Gasteiger partial charge in [0.25, 0.3) is 0 Å². The summed E-state index contributed by atoms with van der Waals surface area (Å²) in [7, 11) is 7.32. The normalized spacial score (nSPS) is 32.2. The van der Waals surface area contributed by atoms with Gasteiger partial charge in [-0.05, 0) is 0 Å². The van der Waals surface area contributed by atoms with Crippen molar-refractivity contribution < 1.29 is 0 Å². The third-order valence-corrected chi connectivity index (χ3v) is 29.8. The zero-order valence-electron chi connectivity index (χ0n) is 2.37. The molecule has 2 heterocycles. The Morgan fingerprint density at radius 3 is 2.00 bits per heavy atom. The van der Waals surface area contributed by atoms with E-state index in [4.69, 9.17) is 7.18 Å². The minimum absolute atomic E-state index is 0.283. The second kappa shape index (κ2) is 0.755. The van der Waals surface area contributed by atoms with Crippen molar-refractivity contribution in [3.8, 4) is 0 Å². The third kappa shape index (κ3) is 0.319. The first-order chi connectivity index (χ1) is 2.39. The van der Waals surface area contributed by atoms with Crippen molar-refractivity contribution >= 4 is 34.7 Å². The van der Waals surface area contributed by atoms with Crippen molar-refractivity contribution in [3.05, 3.63) is 0 Å². The van der Waals surface area contributed by atoms with E-state index >= 15 is 0 Å². The maximum atomic E-state index is 5.53. The number of hydrogen-bond acceptors (Lipinski definition) is 0. The SMILES string of the molecule is [B]=[P+]1p2[p-]p21. The Kier molecular flexibility index (Phi) is 0.497. The summed E-state index contributed by atoms with van der Waals surface area (Å²) < 4.78 is 0. The van der Waals surface area contributed by atoms with E-state index in [1.807, 2.05) is 0 Å². The summed E-state index contributed by atoms with van der Waals surface area (Å²) in [5.41, 5.74) is 0. The summed E-state index contributed by atoms with van der Waals surface area (Å²) in [5, 5.41) is 0.